The first-order chi connectivity index (χ1) is 13.4. The Labute approximate surface area is 165 Å². The van der Waals surface area contributed by atoms with Gasteiger partial charge in [0.1, 0.15) is 0 Å². The van der Waals surface area contributed by atoms with E-state index in [0.29, 0.717) is 5.56 Å². The van der Waals surface area contributed by atoms with Gasteiger partial charge in [-0.3, -0.25) is 4.79 Å². The summed E-state index contributed by atoms with van der Waals surface area (Å²) in [5.41, 5.74) is 6.28. The summed E-state index contributed by atoms with van der Waals surface area (Å²) < 4.78 is 0. The molecule has 3 nitrogen and oxygen atoms in total. The quantitative estimate of drug-likeness (QED) is 0.428. The van der Waals surface area contributed by atoms with Gasteiger partial charge >= 0.3 is 0 Å². The summed E-state index contributed by atoms with van der Waals surface area (Å²) in [6.45, 7) is 8.67. The van der Waals surface area contributed by atoms with Crippen molar-refractivity contribution >= 4 is 33.4 Å². The van der Waals surface area contributed by atoms with Gasteiger partial charge in [0.05, 0.1) is 0 Å². The largest absolute Gasteiger partial charge is 0.354 e. The number of para-hydroxylation sites is 1. The summed E-state index contributed by atoms with van der Waals surface area (Å²) >= 11 is 0. The van der Waals surface area contributed by atoms with Crippen molar-refractivity contribution in [2.24, 2.45) is 0 Å². The molecule has 28 heavy (non-hydrogen) atoms. The zero-order chi connectivity index (χ0) is 19.9. The molecular weight excluding hydrogens is 344 g/mol. The van der Waals surface area contributed by atoms with Crippen molar-refractivity contribution in [3.05, 3.63) is 77.4 Å². The highest BCUT2D eigenvalue weighted by Crippen LogP contribution is 2.30. The summed E-state index contributed by atoms with van der Waals surface area (Å²) in [5.74, 6) is -0.0924. The van der Waals surface area contributed by atoms with E-state index < -0.39 is 0 Å². The highest BCUT2D eigenvalue weighted by Gasteiger charge is 2.15. The van der Waals surface area contributed by atoms with Crippen LogP contribution in [0, 0.1) is 0 Å². The Bertz CT molecular complexity index is 1160. The lowest BCUT2D eigenvalue weighted by Gasteiger charge is -2.19. The SMILES string of the molecule is CCc1cccc2c1[nH]c1cc(NC(=O)c3ccc(C(C)(C)C)cc3)ccc12. The number of benzene rings is 3. The number of hydrogen-bond donors (Lipinski definition) is 2. The minimum Gasteiger partial charge on any atom is -0.354 e. The van der Waals surface area contributed by atoms with Crippen molar-refractivity contribution in [1.29, 1.82) is 0 Å². The van der Waals surface area contributed by atoms with Crippen LogP contribution in [0.25, 0.3) is 21.8 Å². The Morgan fingerprint density at radius 1 is 0.964 bits per heavy atom. The number of amides is 1. The van der Waals surface area contributed by atoms with Crippen molar-refractivity contribution < 1.29 is 4.79 Å². The summed E-state index contributed by atoms with van der Waals surface area (Å²) in [5, 5.41) is 5.43. The van der Waals surface area contributed by atoms with Gasteiger partial charge in [-0.1, -0.05) is 64.1 Å². The van der Waals surface area contributed by atoms with E-state index >= 15 is 0 Å². The van der Waals surface area contributed by atoms with E-state index in [1.807, 2.05) is 36.4 Å². The summed E-state index contributed by atoms with van der Waals surface area (Å²) in [6.07, 6.45) is 0.984. The fourth-order valence-electron chi connectivity index (χ4n) is 3.69. The molecule has 0 atom stereocenters. The van der Waals surface area contributed by atoms with E-state index in [9.17, 15) is 4.79 Å². The van der Waals surface area contributed by atoms with E-state index in [1.165, 1.54) is 27.4 Å². The molecule has 0 saturated heterocycles. The molecule has 4 aromatic rings. The van der Waals surface area contributed by atoms with Crippen LogP contribution in [0.15, 0.2) is 60.7 Å². The first kappa shape index (κ1) is 18.3. The van der Waals surface area contributed by atoms with Crippen molar-refractivity contribution in [3.8, 4) is 0 Å². The molecule has 0 unspecified atom stereocenters. The first-order valence-corrected chi connectivity index (χ1v) is 9.82. The van der Waals surface area contributed by atoms with E-state index in [-0.39, 0.29) is 11.3 Å². The number of H-pyrrole nitrogens is 1. The maximum atomic E-state index is 12.7. The van der Waals surface area contributed by atoms with Gasteiger partial charge in [-0.05, 0) is 47.2 Å². The van der Waals surface area contributed by atoms with Gasteiger partial charge in [0.15, 0.2) is 0 Å². The topological polar surface area (TPSA) is 44.9 Å². The molecule has 4 rings (SSSR count). The molecule has 2 N–H and O–H groups in total. The van der Waals surface area contributed by atoms with Crippen molar-refractivity contribution in [1.82, 2.24) is 4.98 Å². The van der Waals surface area contributed by atoms with Crippen LogP contribution in [0.5, 0.6) is 0 Å². The maximum absolute atomic E-state index is 12.7. The summed E-state index contributed by atoms with van der Waals surface area (Å²) in [6, 6.07) is 20.3. The zero-order valence-electron chi connectivity index (χ0n) is 16.9. The Morgan fingerprint density at radius 3 is 2.39 bits per heavy atom. The number of carbonyl (C=O) groups is 1. The first-order valence-electron chi connectivity index (χ1n) is 9.82. The Morgan fingerprint density at radius 2 is 1.71 bits per heavy atom. The van der Waals surface area contributed by atoms with Crippen molar-refractivity contribution in [2.75, 3.05) is 5.32 Å². The lowest BCUT2D eigenvalue weighted by Crippen LogP contribution is -2.14. The summed E-state index contributed by atoms with van der Waals surface area (Å²) in [4.78, 5) is 16.2. The predicted molar refractivity (Wildman–Crippen MR) is 118 cm³/mol. The number of aromatic amines is 1. The molecule has 0 aliphatic rings. The molecule has 3 heteroatoms. The number of fused-ring (bicyclic) bond motifs is 3. The Balaban J connectivity index is 1.62. The molecule has 0 saturated carbocycles. The normalized spacial score (nSPS) is 11.9. The fourth-order valence-corrected chi connectivity index (χ4v) is 3.69. The van der Waals surface area contributed by atoms with Crippen LogP contribution in [-0.2, 0) is 11.8 Å². The van der Waals surface area contributed by atoms with Crippen LogP contribution in [-0.4, -0.2) is 10.9 Å². The second-order valence-corrected chi connectivity index (χ2v) is 8.36. The zero-order valence-corrected chi connectivity index (χ0v) is 16.9. The highest BCUT2D eigenvalue weighted by molar-refractivity contribution is 6.10. The van der Waals surface area contributed by atoms with Crippen LogP contribution >= 0.6 is 0 Å². The molecule has 0 fully saturated rings. The molecular formula is C25H26N2O. The van der Waals surface area contributed by atoms with Gasteiger partial charge in [-0.15, -0.1) is 0 Å². The Hall–Kier alpha value is -3.07. The molecule has 0 aliphatic carbocycles. The number of aromatic nitrogens is 1. The molecule has 0 aliphatic heterocycles. The maximum Gasteiger partial charge on any atom is 0.255 e. The molecule has 1 aromatic heterocycles. The molecule has 1 amide bonds. The average molecular weight is 370 g/mol. The number of anilines is 1. The van der Waals surface area contributed by atoms with Gasteiger partial charge in [-0.25, -0.2) is 0 Å². The third-order valence-electron chi connectivity index (χ3n) is 5.37. The monoisotopic (exact) mass is 370 g/mol. The third kappa shape index (κ3) is 3.29. The molecule has 1 heterocycles. The number of carbonyl (C=O) groups excluding carboxylic acids is 1. The molecule has 3 aromatic carbocycles. The lowest BCUT2D eigenvalue weighted by molar-refractivity contribution is 0.102. The number of rotatable bonds is 3. The van der Waals surface area contributed by atoms with Gasteiger partial charge in [-0.2, -0.15) is 0 Å². The van der Waals surface area contributed by atoms with Crippen LogP contribution in [0.3, 0.4) is 0 Å². The van der Waals surface area contributed by atoms with E-state index in [4.69, 9.17) is 0 Å². The number of hydrogen-bond acceptors (Lipinski definition) is 1. The van der Waals surface area contributed by atoms with E-state index in [0.717, 1.165) is 17.6 Å². The smallest absolute Gasteiger partial charge is 0.255 e. The predicted octanol–water partition coefficient (Wildman–Crippen LogP) is 6.43. The van der Waals surface area contributed by atoms with Crippen molar-refractivity contribution in [3.63, 3.8) is 0 Å². The van der Waals surface area contributed by atoms with Gasteiger partial charge in [0.2, 0.25) is 0 Å². The van der Waals surface area contributed by atoms with Gasteiger partial charge in [0, 0.05) is 33.1 Å². The van der Waals surface area contributed by atoms with E-state index in [1.54, 1.807) is 0 Å². The van der Waals surface area contributed by atoms with Crippen LogP contribution in [0.1, 0.15) is 49.2 Å². The fraction of sp³-hybridized carbons (Fsp3) is 0.240. The number of aryl methyl sites for hydroxylation is 1. The van der Waals surface area contributed by atoms with E-state index in [2.05, 4.69) is 62.3 Å². The second kappa shape index (κ2) is 6.83. The van der Waals surface area contributed by atoms with Gasteiger partial charge in [0.25, 0.3) is 5.91 Å². The molecule has 0 bridgehead atoms. The van der Waals surface area contributed by atoms with Crippen LogP contribution in [0.2, 0.25) is 0 Å². The van der Waals surface area contributed by atoms with Crippen LogP contribution in [0.4, 0.5) is 5.69 Å². The highest BCUT2D eigenvalue weighted by atomic mass is 16.1. The minimum atomic E-state index is -0.0924. The van der Waals surface area contributed by atoms with Crippen molar-refractivity contribution in [2.45, 2.75) is 39.5 Å². The number of nitrogens with one attached hydrogen (secondary N) is 2. The molecule has 0 spiro atoms. The lowest BCUT2D eigenvalue weighted by atomic mass is 9.87. The van der Waals surface area contributed by atoms with Gasteiger partial charge < -0.3 is 10.3 Å². The standard InChI is InChI=1S/C25H26N2O/c1-5-16-7-6-8-21-20-14-13-19(15-22(20)27-23(16)21)26-24(28)17-9-11-18(12-10-17)25(2,3)4/h6-15,27H,5H2,1-4H3,(H,26,28). The average Bonchev–Trinajstić information content (AvgIpc) is 3.05. The third-order valence-corrected chi connectivity index (χ3v) is 5.37. The summed E-state index contributed by atoms with van der Waals surface area (Å²) in [7, 11) is 0. The minimum absolute atomic E-state index is 0.0764. The van der Waals surface area contributed by atoms with Crippen LogP contribution < -0.4 is 5.32 Å². The molecule has 142 valence electrons. The molecule has 0 radical (unpaired) electrons. The second-order valence-electron chi connectivity index (χ2n) is 8.36. The Kier molecular flexibility index (Phi) is 4.46.